The van der Waals surface area contributed by atoms with Crippen LogP contribution in [0.15, 0.2) is 29.6 Å². The Labute approximate surface area is 72.3 Å². The summed E-state index contributed by atoms with van der Waals surface area (Å²) in [5, 5.41) is 3.74. The number of hydrogen-bond donors (Lipinski definition) is 1. The lowest BCUT2D eigenvalue weighted by molar-refractivity contribution is 0.981. The van der Waals surface area contributed by atoms with Gasteiger partial charge in [-0.05, 0) is 18.6 Å². The van der Waals surface area contributed by atoms with Crippen molar-refractivity contribution in [1.82, 2.24) is 4.98 Å². The zero-order valence-electron chi connectivity index (χ0n) is 7.20. The minimum absolute atomic E-state index is 0.917. The third-order valence-corrected chi connectivity index (χ3v) is 1.66. The summed E-state index contributed by atoms with van der Waals surface area (Å²) in [5.41, 5.74) is 2.01. The predicted molar refractivity (Wildman–Crippen MR) is 49.9 cm³/mol. The van der Waals surface area contributed by atoms with Gasteiger partial charge in [-0.1, -0.05) is 13.3 Å². The number of pyridine rings is 1. The molecule has 0 aromatic carbocycles. The van der Waals surface area contributed by atoms with E-state index in [-0.39, 0.29) is 0 Å². The standard InChI is InChI=1S/C9H13N3/c1-2-3-9(12-10)8-4-6-11-7-5-8/h4-7H,2-3,10H2,1H3. The second-order valence-electron chi connectivity index (χ2n) is 2.56. The molecule has 0 atom stereocenters. The first kappa shape index (κ1) is 8.71. The van der Waals surface area contributed by atoms with Crippen molar-refractivity contribution in [3.8, 4) is 0 Å². The van der Waals surface area contributed by atoms with Gasteiger partial charge in [0.05, 0.1) is 5.71 Å². The maximum atomic E-state index is 5.26. The van der Waals surface area contributed by atoms with Crippen LogP contribution in [0.25, 0.3) is 0 Å². The maximum absolute atomic E-state index is 5.26. The molecule has 1 aromatic rings. The molecular formula is C9H13N3. The van der Waals surface area contributed by atoms with Crippen LogP contribution in [-0.4, -0.2) is 10.7 Å². The molecule has 1 heterocycles. The van der Waals surface area contributed by atoms with Gasteiger partial charge in [0.2, 0.25) is 0 Å². The van der Waals surface area contributed by atoms with Gasteiger partial charge in [0, 0.05) is 18.0 Å². The van der Waals surface area contributed by atoms with Crippen molar-refractivity contribution in [3.05, 3.63) is 30.1 Å². The summed E-state index contributed by atoms with van der Waals surface area (Å²) < 4.78 is 0. The van der Waals surface area contributed by atoms with Crippen LogP contribution < -0.4 is 5.84 Å². The second-order valence-corrected chi connectivity index (χ2v) is 2.56. The van der Waals surface area contributed by atoms with Crippen LogP contribution >= 0.6 is 0 Å². The highest BCUT2D eigenvalue weighted by Crippen LogP contribution is 2.03. The quantitative estimate of drug-likeness (QED) is 0.417. The Morgan fingerprint density at radius 2 is 2.17 bits per heavy atom. The second kappa shape index (κ2) is 4.49. The normalized spacial score (nSPS) is 11.6. The highest BCUT2D eigenvalue weighted by molar-refractivity contribution is 6.00. The predicted octanol–water partition coefficient (Wildman–Crippen LogP) is 1.54. The van der Waals surface area contributed by atoms with Crippen molar-refractivity contribution in [2.75, 3.05) is 0 Å². The van der Waals surface area contributed by atoms with Crippen molar-refractivity contribution in [1.29, 1.82) is 0 Å². The van der Waals surface area contributed by atoms with Gasteiger partial charge >= 0.3 is 0 Å². The van der Waals surface area contributed by atoms with Crippen molar-refractivity contribution < 1.29 is 0 Å². The van der Waals surface area contributed by atoms with E-state index in [9.17, 15) is 0 Å². The molecule has 0 saturated heterocycles. The highest BCUT2D eigenvalue weighted by Gasteiger charge is 1.99. The van der Waals surface area contributed by atoms with Gasteiger partial charge in [-0.3, -0.25) is 4.98 Å². The van der Waals surface area contributed by atoms with Crippen molar-refractivity contribution in [2.45, 2.75) is 19.8 Å². The topological polar surface area (TPSA) is 51.3 Å². The van der Waals surface area contributed by atoms with E-state index in [1.807, 2.05) is 12.1 Å². The molecule has 64 valence electrons. The first-order valence-corrected chi connectivity index (χ1v) is 4.05. The van der Waals surface area contributed by atoms with Crippen LogP contribution in [0.5, 0.6) is 0 Å². The van der Waals surface area contributed by atoms with Crippen molar-refractivity contribution in [2.24, 2.45) is 10.9 Å². The Bertz CT molecular complexity index is 254. The minimum Gasteiger partial charge on any atom is -0.323 e. The Hall–Kier alpha value is -1.38. The lowest BCUT2D eigenvalue weighted by atomic mass is 10.1. The number of rotatable bonds is 3. The molecule has 0 aliphatic heterocycles. The number of hydrazone groups is 1. The van der Waals surface area contributed by atoms with Gasteiger partial charge in [0.25, 0.3) is 0 Å². The molecule has 2 N–H and O–H groups in total. The Morgan fingerprint density at radius 1 is 1.50 bits per heavy atom. The van der Waals surface area contributed by atoms with Crippen LogP contribution in [0, 0.1) is 0 Å². The molecule has 0 aliphatic rings. The fourth-order valence-corrected chi connectivity index (χ4v) is 1.06. The van der Waals surface area contributed by atoms with E-state index in [1.165, 1.54) is 0 Å². The molecule has 1 rings (SSSR count). The first-order chi connectivity index (χ1) is 5.88. The van der Waals surface area contributed by atoms with Crippen LogP contribution in [0.3, 0.4) is 0 Å². The monoisotopic (exact) mass is 163 g/mol. The molecule has 0 spiro atoms. The van der Waals surface area contributed by atoms with Gasteiger partial charge in [-0.25, -0.2) is 0 Å². The Kier molecular flexibility index (Phi) is 3.26. The molecule has 1 aromatic heterocycles. The van der Waals surface area contributed by atoms with E-state index < -0.39 is 0 Å². The molecular weight excluding hydrogens is 150 g/mol. The number of aromatic nitrogens is 1. The molecule has 0 amide bonds. The molecule has 0 fully saturated rings. The van der Waals surface area contributed by atoms with Gasteiger partial charge in [-0.15, -0.1) is 0 Å². The maximum Gasteiger partial charge on any atom is 0.0673 e. The summed E-state index contributed by atoms with van der Waals surface area (Å²) >= 11 is 0. The van der Waals surface area contributed by atoms with E-state index in [0.717, 1.165) is 24.1 Å². The van der Waals surface area contributed by atoms with Gasteiger partial charge in [0.15, 0.2) is 0 Å². The summed E-state index contributed by atoms with van der Waals surface area (Å²) in [6, 6.07) is 3.84. The van der Waals surface area contributed by atoms with E-state index in [1.54, 1.807) is 12.4 Å². The van der Waals surface area contributed by atoms with Crippen molar-refractivity contribution >= 4 is 5.71 Å². The third kappa shape index (κ3) is 2.05. The number of nitrogens with zero attached hydrogens (tertiary/aromatic N) is 2. The third-order valence-electron chi connectivity index (χ3n) is 1.66. The Balaban J connectivity index is 2.82. The molecule has 0 unspecified atom stereocenters. The summed E-state index contributed by atoms with van der Waals surface area (Å²) in [4.78, 5) is 3.93. The summed E-state index contributed by atoms with van der Waals surface area (Å²) in [6.45, 7) is 2.10. The van der Waals surface area contributed by atoms with E-state index in [2.05, 4.69) is 17.0 Å². The zero-order chi connectivity index (χ0) is 8.81. The lowest BCUT2D eigenvalue weighted by Gasteiger charge is -2.01. The molecule has 0 radical (unpaired) electrons. The number of hydrogen-bond acceptors (Lipinski definition) is 3. The van der Waals surface area contributed by atoms with E-state index >= 15 is 0 Å². The zero-order valence-corrected chi connectivity index (χ0v) is 7.20. The smallest absolute Gasteiger partial charge is 0.0673 e. The highest BCUT2D eigenvalue weighted by atomic mass is 15.1. The average Bonchev–Trinajstić information content (AvgIpc) is 2.15. The van der Waals surface area contributed by atoms with Crippen LogP contribution in [-0.2, 0) is 0 Å². The molecule has 3 heteroatoms. The molecule has 12 heavy (non-hydrogen) atoms. The molecule has 0 aliphatic carbocycles. The molecule has 0 bridgehead atoms. The molecule has 0 saturated carbocycles. The van der Waals surface area contributed by atoms with Crippen LogP contribution in [0.2, 0.25) is 0 Å². The van der Waals surface area contributed by atoms with Gasteiger partial charge in [0.1, 0.15) is 0 Å². The first-order valence-electron chi connectivity index (χ1n) is 4.05. The van der Waals surface area contributed by atoms with E-state index in [0.29, 0.717) is 0 Å². The largest absolute Gasteiger partial charge is 0.323 e. The van der Waals surface area contributed by atoms with E-state index in [4.69, 9.17) is 5.84 Å². The van der Waals surface area contributed by atoms with Crippen molar-refractivity contribution in [3.63, 3.8) is 0 Å². The lowest BCUT2D eigenvalue weighted by Crippen LogP contribution is -2.03. The fourth-order valence-electron chi connectivity index (χ4n) is 1.06. The van der Waals surface area contributed by atoms with Gasteiger partial charge < -0.3 is 5.84 Å². The molecule has 3 nitrogen and oxygen atoms in total. The number of nitrogens with two attached hydrogens (primary N) is 1. The summed E-state index contributed by atoms with van der Waals surface area (Å²) in [5.74, 6) is 5.26. The average molecular weight is 163 g/mol. The minimum atomic E-state index is 0.917. The van der Waals surface area contributed by atoms with Crippen LogP contribution in [0.1, 0.15) is 25.3 Å². The summed E-state index contributed by atoms with van der Waals surface area (Å²) in [6.07, 6.45) is 5.46. The van der Waals surface area contributed by atoms with Crippen LogP contribution in [0.4, 0.5) is 0 Å². The fraction of sp³-hybridized carbons (Fsp3) is 0.333. The Morgan fingerprint density at radius 3 is 2.67 bits per heavy atom. The van der Waals surface area contributed by atoms with Gasteiger partial charge in [-0.2, -0.15) is 5.10 Å². The SMILES string of the molecule is CCCC(=NN)c1ccncc1. The summed E-state index contributed by atoms with van der Waals surface area (Å²) in [7, 11) is 0.